The zero-order chi connectivity index (χ0) is 13.8. The first-order chi connectivity index (χ1) is 8.38. The molecule has 0 aromatic heterocycles. The molecular weight excluding hydrogens is 307 g/mol. The van der Waals surface area contributed by atoms with E-state index in [0.29, 0.717) is 0 Å². The van der Waals surface area contributed by atoms with E-state index in [4.69, 9.17) is 0 Å². The minimum atomic E-state index is 0. The van der Waals surface area contributed by atoms with Crippen LogP contribution in [0.15, 0.2) is 47.1 Å². The zero-order valence-corrected chi connectivity index (χ0v) is 15.4. The molecule has 1 aliphatic carbocycles. The van der Waals surface area contributed by atoms with Crippen molar-refractivity contribution in [2.24, 2.45) is 5.41 Å². The molecule has 0 heterocycles. The van der Waals surface area contributed by atoms with Crippen LogP contribution in [0.1, 0.15) is 47.1 Å². The van der Waals surface area contributed by atoms with E-state index < -0.39 is 0 Å². The fourth-order valence-corrected chi connectivity index (χ4v) is 2.05. The predicted molar refractivity (Wildman–Crippen MR) is 80.1 cm³/mol. The molecule has 0 fully saturated rings. The Kier molecular flexibility index (Phi) is 7.67. The summed E-state index contributed by atoms with van der Waals surface area (Å²) in [5.74, 6) is 0. The third-order valence-electron chi connectivity index (χ3n) is 3.70. The van der Waals surface area contributed by atoms with E-state index in [1.807, 2.05) is 25.1 Å². The van der Waals surface area contributed by atoms with E-state index in [1.165, 1.54) is 22.3 Å². The summed E-state index contributed by atoms with van der Waals surface area (Å²) in [4.78, 5) is 0. The second-order valence-electron chi connectivity index (χ2n) is 5.32. The molecule has 0 saturated heterocycles. The van der Waals surface area contributed by atoms with Crippen LogP contribution < -0.4 is 0 Å². The molecular formula is C18H24Zr. The third-order valence-corrected chi connectivity index (χ3v) is 3.70. The van der Waals surface area contributed by atoms with Gasteiger partial charge in [-0.15, -0.1) is 19.1 Å². The maximum absolute atomic E-state index is 3.44. The van der Waals surface area contributed by atoms with Crippen LogP contribution in [0.4, 0.5) is 0 Å². The Morgan fingerprint density at radius 3 is 1.74 bits per heavy atom. The first kappa shape index (κ1) is 18.5. The fourth-order valence-electron chi connectivity index (χ4n) is 2.05. The van der Waals surface area contributed by atoms with Crippen molar-refractivity contribution >= 4 is 0 Å². The summed E-state index contributed by atoms with van der Waals surface area (Å²) in [5.41, 5.74) is 5.68. The molecule has 1 heteroatoms. The molecule has 0 radical (unpaired) electrons. The fraction of sp³-hybridized carbons (Fsp3) is 0.389. The van der Waals surface area contributed by atoms with Gasteiger partial charge in [0, 0.05) is 0 Å². The van der Waals surface area contributed by atoms with E-state index in [2.05, 4.69) is 59.2 Å². The summed E-state index contributed by atoms with van der Waals surface area (Å²) in [6.45, 7) is 13.0. The molecule has 0 aliphatic heterocycles. The quantitative estimate of drug-likeness (QED) is 0.607. The second kappa shape index (κ2) is 7.90. The van der Waals surface area contributed by atoms with Crippen LogP contribution in [0.25, 0.3) is 0 Å². The number of hydrogen-bond acceptors (Lipinski definition) is 0. The van der Waals surface area contributed by atoms with Gasteiger partial charge in [-0.05, 0) is 0 Å². The molecule has 0 unspecified atom stereocenters. The smallest absolute Gasteiger partial charge is 0.263 e. The van der Waals surface area contributed by atoms with Gasteiger partial charge in [0.1, 0.15) is 0 Å². The van der Waals surface area contributed by atoms with Gasteiger partial charge in [0.25, 0.3) is 0 Å². The Hall–Kier alpha value is -0.547. The van der Waals surface area contributed by atoms with Crippen LogP contribution in [-0.2, 0) is 26.2 Å². The van der Waals surface area contributed by atoms with Crippen molar-refractivity contribution in [3.63, 3.8) is 0 Å². The normalized spacial score (nSPS) is 16.0. The standard InChI is InChI=1S/C10H15.C8H9.Zr/c1-7-6-10(4,5)9(3)8(7)2;1-2-8-6-4-3-5-7-8;/h1-5H3;2-7H,1H3;/q2*-1;+2. The molecule has 0 spiro atoms. The van der Waals surface area contributed by atoms with Gasteiger partial charge >= 0.3 is 26.2 Å². The Morgan fingerprint density at radius 2 is 1.53 bits per heavy atom. The molecule has 19 heavy (non-hydrogen) atoms. The van der Waals surface area contributed by atoms with Gasteiger partial charge in [-0.2, -0.15) is 35.3 Å². The average Bonchev–Trinajstić information content (AvgIpc) is 2.54. The van der Waals surface area contributed by atoms with Crippen molar-refractivity contribution in [2.45, 2.75) is 41.5 Å². The summed E-state index contributed by atoms with van der Waals surface area (Å²) < 4.78 is 0. The van der Waals surface area contributed by atoms with Crippen LogP contribution >= 0.6 is 0 Å². The first-order valence-corrected chi connectivity index (χ1v) is 6.53. The van der Waals surface area contributed by atoms with Crippen LogP contribution in [0.3, 0.4) is 0 Å². The molecule has 0 amide bonds. The predicted octanol–water partition coefficient (Wildman–Crippen LogP) is 5.37. The number of benzene rings is 1. The van der Waals surface area contributed by atoms with Crippen LogP contribution in [0, 0.1) is 17.9 Å². The van der Waals surface area contributed by atoms with Gasteiger partial charge in [-0.25, -0.2) is 5.57 Å². The zero-order valence-electron chi connectivity index (χ0n) is 13.0. The Balaban J connectivity index is 0.000000331. The molecule has 0 atom stereocenters. The van der Waals surface area contributed by atoms with Crippen molar-refractivity contribution < 1.29 is 26.2 Å². The largest absolute Gasteiger partial charge is 2.00 e. The van der Waals surface area contributed by atoms with Gasteiger partial charge in [0.05, 0.1) is 0 Å². The van der Waals surface area contributed by atoms with E-state index in [1.54, 1.807) is 0 Å². The molecule has 0 bridgehead atoms. The van der Waals surface area contributed by atoms with Crippen LogP contribution in [0.2, 0.25) is 0 Å². The topological polar surface area (TPSA) is 0 Å². The minimum absolute atomic E-state index is 0. The van der Waals surface area contributed by atoms with Gasteiger partial charge in [-0.1, -0.05) is 46.1 Å². The summed E-state index contributed by atoms with van der Waals surface area (Å²) in [6.07, 6.45) is 5.52. The molecule has 100 valence electrons. The van der Waals surface area contributed by atoms with Gasteiger partial charge in [0.15, 0.2) is 0 Å². The second-order valence-corrected chi connectivity index (χ2v) is 5.32. The van der Waals surface area contributed by atoms with Crippen LogP contribution in [-0.4, -0.2) is 0 Å². The van der Waals surface area contributed by atoms with Crippen molar-refractivity contribution in [1.29, 1.82) is 0 Å². The molecule has 1 aromatic carbocycles. The maximum Gasteiger partial charge on any atom is 2.00 e. The first-order valence-electron chi connectivity index (χ1n) is 6.53. The molecule has 2 rings (SSSR count). The monoisotopic (exact) mass is 330 g/mol. The van der Waals surface area contributed by atoms with Crippen molar-refractivity contribution in [1.82, 2.24) is 0 Å². The van der Waals surface area contributed by atoms with Crippen molar-refractivity contribution in [3.05, 3.63) is 65.1 Å². The number of allylic oxidation sites excluding steroid dienone is 4. The summed E-state index contributed by atoms with van der Waals surface area (Å²) in [5, 5.41) is 0. The number of hydrogen-bond donors (Lipinski definition) is 0. The Morgan fingerprint density at radius 1 is 1.00 bits per heavy atom. The summed E-state index contributed by atoms with van der Waals surface area (Å²) >= 11 is 0. The van der Waals surface area contributed by atoms with Crippen molar-refractivity contribution in [3.8, 4) is 0 Å². The maximum atomic E-state index is 3.44. The minimum Gasteiger partial charge on any atom is -0.263 e. The van der Waals surface area contributed by atoms with Crippen LogP contribution in [0.5, 0.6) is 0 Å². The Labute approximate surface area is 138 Å². The molecule has 0 nitrogen and oxygen atoms in total. The SMILES string of the molecule is CC1=[C-]C(C)(C)C(C)=C1C.C[CH-]c1ccccc1.[Zr+2]. The summed E-state index contributed by atoms with van der Waals surface area (Å²) in [6, 6.07) is 10.3. The van der Waals surface area contributed by atoms with Crippen molar-refractivity contribution in [2.75, 3.05) is 0 Å². The molecule has 1 aromatic rings. The van der Waals surface area contributed by atoms with Gasteiger partial charge in [-0.3, -0.25) is 6.08 Å². The summed E-state index contributed by atoms with van der Waals surface area (Å²) in [7, 11) is 0. The van der Waals surface area contributed by atoms with E-state index in [-0.39, 0.29) is 31.6 Å². The molecule has 0 saturated carbocycles. The number of rotatable bonds is 1. The third kappa shape index (κ3) is 5.15. The Bertz CT molecular complexity index is 450. The van der Waals surface area contributed by atoms with Gasteiger partial charge in [0.2, 0.25) is 0 Å². The molecule has 1 aliphatic rings. The average molecular weight is 332 g/mol. The van der Waals surface area contributed by atoms with E-state index in [0.717, 1.165) is 0 Å². The van der Waals surface area contributed by atoms with Gasteiger partial charge < -0.3 is 0 Å². The van der Waals surface area contributed by atoms with E-state index >= 15 is 0 Å². The van der Waals surface area contributed by atoms with E-state index in [9.17, 15) is 0 Å². The molecule has 0 N–H and O–H groups in total.